The van der Waals surface area contributed by atoms with Gasteiger partial charge in [-0.3, -0.25) is 4.79 Å². The molecule has 1 N–H and O–H groups in total. The Bertz CT molecular complexity index is 1250. The number of anilines is 1. The van der Waals surface area contributed by atoms with Crippen LogP contribution in [0.25, 0.3) is 0 Å². The zero-order chi connectivity index (χ0) is 23.4. The first-order chi connectivity index (χ1) is 15.8. The van der Waals surface area contributed by atoms with Gasteiger partial charge in [-0.2, -0.15) is 4.31 Å². The van der Waals surface area contributed by atoms with Gasteiger partial charge in [-0.25, -0.2) is 8.42 Å². The van der Waals surface area contributed by atoms with Crippen LogP contribution in [0.2, 0.25) is 10.0 Å². The number of hydrogen-bond donors (Lipinski definition) is 1. The Balaban J connectivity index is 1.56. The van der Waals surface area contributed by atoms with Gasteiger partial charge in [0.15, 0.2) is 11.5 Å². The SMILES string of the molecule is O=C(CN(Cc1ccc(Cl)cc1)S(=O)(=O)c1ccc(Cl)cc1)Nc1ccc2c(c1)OCCO2. The largest absolute Gasteiger partial charge is 0.486 e. The second kappa shape index (κ2) is 10.0. The van der Waals surface area contributed by atoms with Crippen LogP contribution in [0.15, 0.2) is 71.6 Å². The van der Waals surface area contributed by atoms with E-state index in [0.717, 1.165) is 4.31 Å². The summed E-state index contributed by atoms with van der Waals surface area (Å²) in [4.78, 5) is 12.9. The number of amides is 1. The number of halogens is 2. The molecular weight excluding hydrogens is 487 g/mol. The molecule has 0 radical (unpaired) electrons. The number of ether oxygens (including phenoxy) is 2. The van der Waals surface area contributed by atoms with Crippen molar-refractivity contribution in [1.29, 1.82) is 0 Å². The van der Waals surface area contributed by atoms with E-state index in [1.54, 1.807) is 42.5 Å². The van der Waals surface area contributed by atoms with Crippen LogP contribution in [0.4, 0.5) is 5.69 Å². The van der Waals surface area contributed by atoms with Gasteiger partial charge in [0.05, 0.1) is 11.4 Å². The van der Waals surface area contributed by atoms with Crippen molar-refractivity contribution in [3.63, 3.8) is 0 Å². The van der Waals surface area contributed by atoms with Crippen molar-refractivity contribution in [2.45, 2.75) is 11.4 Å². The molecular formula is C23H20Cl2N2O5S. The number of hydrogen-bond acceptors (Lipinski definition) is 5. The summed E-state index contributed by atoms with van der Waals surface area (Å²) in [7, 11) is -3.99. The molecule has 1 heterocycles. The van der Waals surface area contributed by atoms with Gasteiger partial charge < -0.3 is 14.8 Å². The minimum Gasteiger partial charge on any atom is -0.486 e. The van der Waals surface area contributed by atoms with E-state index in [9.17, 15) is 13.2 Å². The van der Waals surface area contributed by atoms with Crippen molar-refractivity contribution in [3.8, 4) is 11.5 Å². The monoisotopic (exact) mass is 506 g/mol. The number of rotatable bonds is 7. The molecule has 0 spiro atoms. The van der Waals surface area contributed by atoms with E-state index in [1.807, 2.05) is 0 Å². The van der Waals surface area contributed by atoms with E-state index in [4.69, 9.17) is 32.7 Å². The molecule has 0 aromatic heterocycles. The van der Waals surface area contributed by atoms with Crippen molar-refractivity contribution in [2.75, 3.05) is 25.1 Å². The van der Waals surface area contributed by atoms with Crippen molar-refractivity contribution in [3.05, 3.63) is 82.3 Å². The van der Waals surface area contributed by atoms with Crippen molar-refractivity contribution < 1.29 is 22.7 Å². The Labute approximate surface area is 201 Å². The van der Waals surface area contributed by atoms with Gasteiger partial charge in [-0.1, -0.05) is 35.3 Å². The lowest BCUT2D eigenvalue weighted by atomic mass is 10.2. The summed E-state index contributed by atoms with van der Waals surface area (Å²) in [5, 5.41) is 3.67. The van der Waals surface area contributed by atoms with Gasteiger partial charge in [0, 0.05) is 28.3 Å². The number of nitrogens with zero attached hydrogens (tertiary/aromatic N) is 1. The van der Waals surface area contributed by atoms with Gasteiger partial charge in [-0.15, -0.1) is 0 Å². The zero-order valence-electron chi connectivity index (χ0n) is 17.3. The number of sulfonamides is 1. The molecule has 0 atom stereocenters. The zero-order valence-corrected chi connectivity index (χ0v) is 19.7. The van der Waals surface area contributed by atoms with E-state index < -0.39 is 22.5 Å². The lowest BCUT2D eigenvalue weighted by molar-refractivity contribution is -0.116. The van der Waals surface area contributed by atoms with E-state index in [0.29, 0.717) is 46.0 Å². The Morgan fingerprint density at radius 3 is 2.15 bits per heavy atom. The first-order valence-electron chi connectivity index (χ1n) is 10.0. The van der Waals surface area contributed by atoms with Gasteiger partial charge in [0.1, 0.15) is 13.2 Å². The summed E-state index contributed by atoms with van der Waals surface area (Å²) in [6.45, 7) is 0.457. The number of nitrogens with one attached hydrogen (secondary N) is 1. The van der Waals surface area contributed by atoms with Gasteiger partial charge >= 0.3 is 0 Å². The molecule has 3 aromatic carbocycles. The van der Waals surface area contributed by atoms with Crippen LogP contribution in [0, 0.1) is 0 Å². The van der Waals surface area contributed by atoms with Gasteiger partial charge in [0.2, 0.25) is 15.9 Å². The molecule has 10 heteroatoms. The molecule has 4 rings (SSSR count). The van der Waals surface area contributed by atoms with Crippen molar-refractivity contribution in [1.82, 2.24) is 4.31 Å². The van der Waals surface area contributed by atoms with Crippen LogP contribution < -0.4 is 14.8 Å². The maximum atomic E-state index is 13.3. The predicted molar refractivity (Wildman–Crippen MR) is 127 cm³/mol. The molecule has 0 bridgehead atoms. The molecule has 3 aromatic rings. The van der Waals surface area contributed by atoms with Gasteiger partial charge in [0.25, 0.3) is 0 Å². The fourth-order valence-electron chi connectivity index (χ4n) is 3.26. The van der Waals surface area contributed by atoms with Crippen molar-refractivity contribution in [2.24, 2.45) is 0 Å². The summed E-state index contributed by atoms with van der Waals surface area (Å²) in [6, 6.07) is 17.6. The quantitative estimate of drug-likeness (QED) is 0.506. The third-order valence-electron chi connectivity index (χ3n) is 4.87. The molecule has 0 unspecified atom stereocenters. The molecule has 0 fully saturated rings. The van der Waals surface area contributed by atoms with Crippen LogP contribution >= 0.6 is 23.2 Å². The average molecular weight is 507 g/mol. The Morgan fingerprint density at radius 2 is 1.48 bits per heavy atom. The molecule has 1 aliphatic heterocycles. The smallest absolute Gasteiger partial charge is 0.243 e. The summed E-state index contributed by atoms with van der Waals surface area (Å²) >= 11 is 11.9. The maximum absolute atomic E-state index is 13.3. The number of carbonyl (C=O) groups excluding carboxylic acids is 1. The molecule has 172 valence electrons. The third-order valence-corrected chi connectivity index (χ3v) is 7.18. The average Bonchev–Trinajstić information content (AvgIpc) is 2.80. The Hall–Kier alpha value is -2.78. The van der Waals surface area contributed by atoms with E-state index in [1.165, 1.54) is 24.3 Å². The minimum absolute atomic E-state index is 0.0172. The summed E-state index contributed by atoms with van der Waals surface area (Å²) in [6.07, 6.45) is 0. The summed E-state index contributed by atoms with van der Waals surface area (Å²) in [5.74, 6) is 0.609. The van der Waals surface area contributed by atoms with Crippen LogP contribution in [0.1, 0.15) is 5.56 Å². The lowest BCUT2D eigenvalue weighted by Crippen LogP contribution is -2.37. The summed E-state index contributed by atoms with van der Waals surface area (Å²) in [5.41, 5.74) is 1.16. The highest BCUT2D eigenvalue weighted by atomic mass is 35.5. The predicted octanol–water partition coefficient (Wildman–Crippen LogP) is 4.59. The second-order valence-electron chi connectivity index (χ2n) is 7.26. The molecule has 1 aliphatic rings. The molecule has 0 saturated heterocycles. The van der Waals surface area contributed by atoms with Gasteiger partial charge in [-0.05, 0) is 54.1 Å². The topological polar surface area (TPSA) is 84.9 Å². The Kier molecular flexibility index (Phi) is 7.09. The highest BCUT2D eigenvalue weighted by molar-refractivity contribution is 7.89. The number of fused-ring (bicyclic) bond motifs is 1. The normalized spacial score (nSPS) is 13.1. The highest BCUT2D eigenvalue weighted by Gasteiger charge is 2.27. The highest BCUT2D eigenvalue weighted by Crippen LogP contribution is 2.32. The first-order valence-corrected chi connectivity index (χ1v) is 12.2. The molecule has 33 heavy (non-hydrogen) atoms. The number of benzene rings is 3. The van der Waals surface area contributed by atoms with E-state index >= 15 is 0 Å². The van der Waals surface area contributed by atoms with Crippen LogP contribution in [-0.2, 0) is 21.4 Å². The molecule has 0 saturated carbocycles. The minimum atomic E-state index is -3.99. The van der Waals surface area contributed by atoms with Crippen LogP contribution in [0.3, 0.4) is 0 Å². The number of carbonyl (C=O) groups is 1. The molecule has 1 amide bonds. The fourth-order valence-corrected chi connectivity index (χ4v) is 4.89. The lowest BCUT2D eigenvalue weighted by Gasteiger charge is -2.23. The standard InChI is InChI=1S/C23H20Cl2N2O5S/c24-17-3-1-16(2-4-17)14-27(33(29,30)20-8-5-18(25)6-9-20)15-23(28)26-19-7-10-21-22(13-19)32-12-11-31-21/h1-10,13H,11-12,14-15H2,(H,26,28). The van der Waals surface area contributed by atoms with Crippen LogP contribution in [0.5, 0.6) is 11.5 Å². The van der Waals surface area contributed by atoms with E-state index in [2.05, 4.69) is 5.32 Å². The van der Waals surface area contributed by atoms with Crippen LogP contribution in [-0.4, -0.2) is 38.4 Å². The van der Waals surface area contributed by atoms with E-state index in [-0.39, 0.29) is 11.4 Å². The summed E-state index contributed by atoms with van der Waals surface area (Å²) < 4.78 is 38.8. The maximum Gasteiger partial charge on any atom is 0.243 e. The molecule has 7 nitrogen and oxygen atoms in total. The fraction of sp³-hybridized carbons (Fsp3) is 0.174. The third kappa shape index (κ3) is 5.78. The Morgan fingerprint density at radius 1 is 0.879 bits per heavy atom. The second-order valence-corrected chi connectivity index (χ2v) is 10.1. The first kappa shape index (κ1) is 23.4. The molecule has 0 aliphatic carbocycles. The van der Waals surface area contributed by atoms with Crippen molar-refractivity contribution >= 4 is 44.8 Å².